The summed E-state index contributed by atoms with van der Waals surface area (Å²) in [4.78, 5) is 14.1. The molecule has 0 unspecified atom stereocenters. The number of isocyanates is 1. The summed E-state index contributed by atoms with van der Waals surface area (Å²) in [6, 6.07) is 7.38. The van der Waals surface area contributed by atoms with E-state index in [1.165, 1.54) is 0 Å². The molecule has 1 aliphatic rings. The van der Waals surface area contributed by atoms with Gasteiger partial charge in [0, 0.05) is 6.54 Å². The molecule has 1 fully saturated rings. The van der Waals surface area contributed by atoms with Crippen molar-refractivity contribution in [1.29, 1.82) is 0 Å². The molecule has 5 nitrogen and oxygen atoms in total. The molecule has 23 heavy (non-hydrogen) atoms. The highest BCUT2D eigenvalue weighted by Crippen LogP contribution is 2.38. The first-order valence-corrected chi connectivity index (χ1v) is 7.68. The average molecular weight is 314 g/mol. The molecule has 2 rings (SSSR count). The van der Waals surface area contributed by atoms with Crippen molar-refractivity contribution >= 4 is 25.0 Å². The number of nitrogens with one attached hydrogen (secondary N) is 1. The molecule has 1 N–H and O–H groups in total. The van der Waals surface area contributed by atoms with Gasteiger partial charge >= 0.3 is 7.12 Å². The van der Waals surface area contributed by atoms with Crippen LogP contribution in [0, 0.1) is 0 Å². The standard InChI is InChI=1S/C17H23BN2O3/c1-16(2)17(3,4)23-18(22-16)14(11-19-5)9-13-7-6-8-15(10-13)20-12-21/h6-10,19H,11H2,1-5H3. The van der Waals surface area contributed by atoms with Crippen molar-refractivity contribution in [3.8, 4) is 0 Å². The van der Waals surface area contributed by atoms with Crippen LogP contribution in [-0.2, 0) is 14.1 Å². The summed E-state index contributed by atoms with van der Waals surface area (Å²) in [6.07, 6.45) is 3.56. The zero-order valence-corrected chi connectivity index (χ0v) is 14.3. The van der Waals surface area contributed by atoms with Crippen molar-refractivity contribution in [2.24, 2.45) is 4.99 Å². The Bertz CT molecular complexity index is 633. The molecule has 0 bridgehead atoms. The Balaban J connectivity index is 2.32. The molecule has 1 aromatic carbocycles. The molecule has 1 aromatic rings. The fourth-order valence-electron chi connectivity index (χ4n) is 2.35. The maximum atomic E-state index is 10.4. The van der Waals surface area contributed by atoms with Crippen LogP contribution in [0.4, 0.5) is 5.69 Å². The molecule has 6 heteroatoms. The van der Waals surface area contributed by atoms with E-state index in [1.54, 1.807) is 12.1 Å². The largest absolute Gasteiger partial charge is 0.491 e. The molecular weight excluding hydrogens is 291 g/mol. The zero-order valence-electron chi connectivity index (χ0n) is 14.3. The lowest BCUT2D eigenvalue weighted by atomic mass is 9.77. The smallest absolute Gasteiger partial charge is 0.400 e. The van der Waals surface area contributed by atoms with Crippen LogP contribution in [0.2, 0.25) is 0 Å². The second kappa shape index (κ2) is 6.81. The molecule has 0 spiro atoms. The van der Waals surface area contributed by atoms with Crippen LogP contribution in [0.1, 0.15) is 33.3 Å². The third-order valence-electron chi connectivity index (χ3n) is 4.33. The van der Waals surface area contributed by atoms with Crippen LogP contribution < -0.4 is 5.32 Å². The lowest BCUT2D eigenvalue weighted by molar-refractivity contribution is 0.00578. The van der Waals surface area contributed by atoms with Gasteiger partial charge in [-0.1, -0.05) is 18.2 Å². The fourth-order valence-corrected chi connectivity index (χ4v) is 2.35. The van der Waals surface area contributed by atoms with Gasteiger partial charge in [-0.2, -0.15) is 4.99 Å². The summed E-state index contributed by atoms with van der Waals surface area (Å²) >= 11 is 0. The highest BCUT2D eigenvalue weighted by atomic mass is 16.7. The topological polar surface area (TPSA) is 59.9 Å². The number of aliphatic imine (C=N–C) groups is 1. The minimum atomic E-state index is -0.411. The zero-order chi connectivity index (χ0) is 17.1. The summed E-state index contributed by atoms with van der Waals surface area (Å²) in [5.41, 5.74) is 1.73. The van der Waals surface area contributed by atoms with Crippen molar-refractivity contribution in [2.75, 3.05) is 13.6 Å². The van der Waals surface area contributed by atoms with Crippen molar-refractivity contribution in [2.45, 2.75) is 38.9 Å². The van der Waals surface area contributed by atoms with Gasteiger partial charge in [0.1, 0.15) is 0 Å². The van der Waals surface area contributed by atoms with E-state index in [1.807, 2.05) is 59.0 Å². The van der Waals surface area contributed by atoms with Gasteiger partial charge in [0.05, 0.1) is 16.9 Å². The van der Waals surface area contributed by atoms with Crippen LogP contribution >= 0.6 is 0 Å². The minimum absolute atomic E-state index is 0.381. The Morgan fingerprint density at radius 3 is 2.52 bits per heavy atom. The van der Waals surface area contributed by atoms with E-state index in [4.69, 9.17) is 9.31 Å². The van der Waals surface area contributed by atoms with Crippen LogP contribution in [-0.4, -0.2) is 38.0 Å². The summed E-state index contributed by atoms with van der Waals surface area (Å²) < 4.78 is 12.2. The second-order valence-corrected chi connectivity index (χ2v) is 6.64. The van der Waals surface area contributed by atoms with Gasteiger partial charge in [0.15, 0.2) is 0 Å². The Hall–Kier alpha value is -1.72. The summed E-state index contributed by atoms with van der Waals surface area (Å²) in [7, 11) is 1.47. The summed E-state index contributed by atoms with van der Waals surface area (Å²) in [6.45, 7) is 8.76. The number of hydrogen-bond acceptors (Lipinski definition) is 5. The Morgan fingerprint density at radius 1 is 1.30 bits per heavy atom. The molecule has 1 aliphatic heterocycles. The van der Waals surface area contributed by atoms with Crippen molar-refractivity contribution < 1.29 is 14.1 Å². The van der Waals surface area contributed by atoms with Gasteiger partial charge in [-0.3, -0.25) is 0 Å². The SMILES string of the molecule is CNCC(=Cc1cccc(N=C=O)c1)B1OC(C)(C)C(C)(C)O1. The number of rotatable bonds is 5. The van der Waals surface area contributed by atoms with Crippen LogP contribution in [0.3, 0.4) is 0 Å². The van der Waals surface area contributed by atoms with Crippen LogP contribution in [0.15, 0.2) is 34.7 Å². The quantitative estimate of drug-likeness (QED) is 0.516. The highest BCUT2D eigenvalue weighted by Gasteiger charge is 2.52. The summed E-state index contributed by atoms with van der Waals surface area (Å²) in [5, 5.41) is 3.15. The van der Waals surface area contributed by atoms with Crippen molar-refractivity contribution in [3.63, 3.8) is 0 Å². The fraction of sp³-hybridized carbons (Fsp3) is 0.471. The Labute approximate surface area is 137 Å². The maximum absolute atomic E-state index is 10.4. The first kappa shape index (κ1) is 17.6. The van der Waals surface area contributed by atoms with E-state index in [0.29, 0.717) is 12.2 Å². The molecule has 0 radical (unpaired) electrons. The second-order valence-electron chi connectivity index (χ2n) is 6.64. The molecule has 0 amide bonds. The van der Waals surface area contributed by atoms with E-state index in [-0.39, 0.29) is 11.2 Å². The van der Waals surface area contributed by atoms with Crippen LogP contribution in [0.5, 0.6) is 0 Å². The first-order chi connectivity index (χ1) is 10.8. The predicted octanol–water partition coefficient (Wildman–Crippen LogP) is 2.89. The minimum Gasteiger partial charge on any atom is -0.400 e. The third kappa shape index (κ3) is 3.98. The highest BCUT2D eigenvalue weighted by molar-refractivity contribution is 6.55. The molecule has 1 heterocycles. The number of likely N-dealkylation sites (N-methyl/N-ethyl adjacent to an activating group) is 1. The van der Waals surface area contributed by atoms with Gasteiger partial charge in [0.2, 0.25) is 6.08 Å². The molecule has 0 atom stereocenters. The molecule has 0 aliphatic carbocycles. The number of benzene rings is 1. The Morgan fingerprint density at radius 2 is 1.96 bits per heavy atom. The lowest BCUT2D eigenvalue weighted by Crippen LogP contribution is -2.41. The van der Waals surface area contributed by atoms with Crippen molar-refractivity contribution in [3.05, 3.63) is 35.3 Å². The molecule has 122 valence electrons. The van der Waals surface area contributed by atoms with Gasteiger partial charge in [0.25, 0.3) is 0 Å². The van der Waals surface area contributed by atoms with Gasteiger partial charge in [-0.05, 0) is 57.9 Å². The average Bonchev–Trinajstić information content (AvgIpc) is 2.68. The molecule has 0 aromatic heterocycles. The normalized spacial score (nSPS) is 19.5. The Kier molecular flexibility index (Phi) is 5.22. The van der Waals surface area contributed by atoms with Crippen molar-refractivity contribution in [1.82, 2.24) is 5.32 Å². The summed E-state index contributed by atoms with van der Waals surface area (Å²) in [5.74, 6) is 0. The third-order valence-corrected chi connectivity index (χ3v) is 4.33. The van der Waals surface area contributed by atoms with Gasteiger partial charge < -0.3 is 14.6 Å². The molecular formula is C17H23BN2O3. The first-order valence-electron chi connectivity index (χ1n) is 7.68. The van der Waals surface area contributed by atoms with E-state index in [2.05, 4.69) is 10.3 Å². The maximum Gasteiger partial charge on any atom is 0.491 e. The van der Waals surface area contributed by atoms with E-state index >= 15 is 0 Å². The van der Waals surface area contributed by atoms with Gasteiger partial charge in [-0.15, -0.1) is 0 Å². The number of nitrogens with zero attached hydrogens (tertiary/aromatic N) is 1. The lowest BCUT2D eigenvalue weighted by Gasteiger charge is -2.32. The monoisotopic (exact) mass is 314 g/mol. The number of carbonyl (C=O) groups excluding carboxylic acids is 1. The van der Waals surface area contributed by atoms with E-state index < -0.39 is 7.12 Å². The predicted molar refractivity (Wildman–Crippen MR) is 92.2 cm³/mol. The number of hydrogen-bond donors (Lipinski definition) is 1. The molecule has 0 saturated carbocycles. The molecule has 1 saturated heterocycles. The van der Waals surface area contributed by atoms with Gasteiger partial charge in [-0.25, -0.2) is 4.79 Å². The van der Waals surface area contributed by atoms with E-state index in [9.17, 15) is 4.79 Å². The van der Waals surface area contributed by atoms with Crippen LogP contribution in [0.25, 0.3) is 6.08 Å². The van der Waals surface area contributed by atoms with E-state index in [0.717, 1.165) is 11.0 Å².